The van der Waals surface area contributed by atoms with Gasteiger partial charge in [-0.25, -0.2) is 4.98 Å². The zero-order valence-electron chi connectivity index (χ0n) is 29.8. The molecule has 0 N–H and O–H groups in total. The van der Waals surface area contributed by atoms with Gasteiger partial charge in [-0.1, -0.05) is 120 Å². The maximum atomic E-state index is 6.63. The smallest absolute Gasteiger partial charge is 0.101 e. The second-order valence-corrected chi connectivity index (χ2v) is 15.4. The third-order valence-electron chi connectivity index (χ3n) is 10.8. The molecule has 2 nitrogen and oxygen atoms in total. The molecule has 0 aliphatic carbocycles. The number of benzene rings is 8. The van der Waals surface area contributed by atoms with Crippen molar-refractivity contribution in [3.05, 3.63) is 170 Å². The fourth-order valence-electron chi connectivity index (χ4n) is 8.05. The molecule has 0 spiro atoms. The van der Waals surface area contributed by atoms with Crippen LogP contribution in [0.4, 0.5) is 0 Å². The van der Waals surface area contributed by atoms with E-state index in [-0.39, 0.29) is 5.82 Å². The van der Waals surface area contributed by atoms with Crippen molar-refractivity contribution < 1.29 is 0 Å². The maximum absolute atomic E-state index is 6.63. The highest BCUT2D eigenvalue weighted by atomic mass is 32.1. The molecule has 55 heavy (non-hydrogen) atoms. The van der Waals surface area contributed by atoms with Crippen LogP contribution in [0.5, 0.6) is 0 Å². The second-order valence-electron chi connectivity index (χ2n) is 14.3. The van der Waals surface area contributed by atoms with Crippen LogP contribution in [0, 0.1) is 0 Å². The summed E-state index contributed by atoms with van der Waals surface area (Å²) in [6, 6.07) is 57.7. The van der Waals surface area contributed by atoms with Gasteiger partial charge in [-0.3, -0.25) is 4.57 Å². The minimum absolute atomic E-state index is 0.257. The van der Waals surface area contributed by atoms with Gasteiger partial charge in [0.15, 0.2) is 0 Å². The number of nitrogens with zero attached hydrogens (tertiary/aromatic N) is 2. The van der Waals surface area contributed by atoms with Crippen LogP contribution in [0.3, 0.4) is 0 Å². The predicted octanol–water partition coefficient (Wildman–Crippen LogP) is 10.8. The van der Waals surface area contributed by atoms with Crippen molar-refractivity contribution in [3.8, 4) is 39.1 Å². The Balaban J connectivity index is 1.27. The van der Waals surface area contributed by atoms with E-state index >= 15 is 0 Å². The first-order valence-electron chi connectivity index (χ1n) is 18.2. The molecule has 0 fully saturated rings. The minimum atomic E-state index is -1.96. The summed E-state index contributed by atoms with van der Waals surface area (Å²) in [6.45, 7) is 0. The maximum Gasteiger partial charge on any atom is 0.101 e. The molecule has 0 saturated carbocycles. The van der Waals surface area contributed by atoms with Crippen LogP contribution >= 0.6 is 11.3 Å². The SMILES string of the molecule is [B]C([B])([B])C([B])([B])c1nc2ccccc2n1-c1cccc(-c2c3ccccc3c(-c3ccc4sc5ccccc5c4c3)c3cc(-c4ccccc4)ccc23)c1. The van der Waals surface area contributed by atoms with E-state index in [1.54, 1.807) is 0 Å². The van der Waals surface area contributed by atoms with E-state index in [0.717, 1.165) is 55.0 Å². The molecular formula is C47H27B5N2S. The fourth-order valence-corrected chi connectivity index (χ4v) is 9.14. The number of thiophene rings is 1. The van der Waals surface area contributed by atoms with Crippen LogP contribution in [-0.2, 0) is 5.21 Å². The van der Waals surface area contributed by atoms with Crippen LogP contribution in [0.25, 0.3) is 91.8 Å². The van der Waals surface area contributed by atoms with Gasteiger partial charge in [-0.2, -0.15) is 0 Å². The summed E-state index contributed by atoms with van der Waals surface area (Å²) >= 11 is 1.83. The number of imidazole rings is 1. The zero-order valence-corrected chi connectivity index (χ0v) is 30.6. The van der Waals surface area contributed by atoms with Gasteiger partial charge in [0.1, 0.15) is 5.82 Å². The topological polar surface area (TPSA) is 17.8 Å². The molecule has 0 aliphatic rings. The van der Waals surface area contributed by atoms with Gasteiger partial charge < -0.3 is 0 Å². The first kappa shape index (κ1) is 33.8. The monoisotopic (exact) mass is 706 g/mol. The van der Waals surface area contributed by atoms with E-state index in [4.69, 9.17) is 44.2 Å². The Morgan fingerprint density at radius 3 is 1.80 bits per heavy atom. The summed E-state index contributed by atoms with van der Waals surface area (Å²) in [5.41, 5.74) is 9.09. The summed E-state index contributed by atoms with van der Waals surface area (Å²) in [5, 5.41) is 3.31. The third-order valence-corrected chi connectivity index (χ3v) is 12.0. The molecule has 0 amide bonds. The number of aromatic nitrogens is 2. The van der Waals surface area contributed by atoms with Gasteiger partial charge in [0.05, 0.1) is 50.3 Å². The van der Waals surface area contributed by atoms with E-state index in [9.17, 15) is 0 Å². The molecule has 10 aromatic rings. The zero-order chi connectivity index (χ0) is 37.5. The first-order valence-corrected chi connectivity index (χ1v) is 19.0. The van der Waals surface area contributed by atoms with Crippen molar-refractivity contribution in [2.24, 2.45) is 0 Å². The van der Waals surface area contributed by atoms with Crippen molar-refractivity contribution in [2.45, 2.75) is 10.3 Å². The lowest BCUT2D eigenvalue weighted by Gasteiger charge is -2.41. The number of hydrogen-bond donors (Lipinski definition) is 0. The Morgan fingerprint density at radius 1 is 0.436 bits per heavy atom. The number of fused-ring (bicyclic) bond motifs is 6. The molecule has 2 aromatic heterocycles. The van der Waals surface area contributed by atoms with Gasteiger partial charge in [0.25, 0.3) is 0 Å². The molecular weight excluding hydrogens is 679 g/mol. The van der Waals surface area contributed by atoms with E-state index in [2.05, 4.69) is 127 Å². The van der Waals surface area contributed by atoms with Crippen molar-refractivity contribution in [1.29, 1.82) is 0 Å². The molecule has 10 rings (SSSR count). The average molecular weight is 706 g/mol. The van der Waals surface area contributed by atoms with Crippen LogP contribution in [0.15, 0.2) is 164 Å². The Bertz CT molecular complexity index is 3120. The van der Waals surface area contributed by atoms with Crippen molar-refractivity contribution >= 4 is 103 Å². The van der Waals surface area contributed by atoms with Crippen molar-refractivity contribution in [2.75, 3.05) is 0 Å². The van der Waals surface area contributed by atoms with Gasteiger partial charge in [-0.05, 0) is 103 Å². The van der Waals surface area contributed by atoms with E-state index in [1.807, 2.05) is 52.3 Å². The standard InChI is InChI=1S/C47H27B5N2S/c48-46(49,47(50,51)52)45-53-39-18-7-8-19-40(39)54(45)32-14-10-13-30(25-32)43-34-16-4-5-17-35(34)44(38-26-29(21-23-36(38)43)28-11-2-1-3-12-28)31-22-24-42-37(27-31)33-15-6-9-20-41(33)55-42/h1-27H. The van der Waals surface area contributed by atoms with E-state index in [0.29, 0.717) is 5.52 Å². The summed E-state index contributed by atoms with van der Waals surface area (Å²) in [6.07, 6.45) is 0. The highest BCUT2D eigenvalue weighted by molar-refractivity contribution is 7.25. The Kier molecular flexibility index (Phi) is 7.80. The summed E-state index contributed by atoms with van der Waals surface area (Å²) in [5.74, 6) is 0.257. The lowest BCUT2D eigenvalue weighted by atomic mass is 9.23. The minimum Gasteiger partial charge on any atom is -0.297 e. The van der Waals surface area contributed by atoms with Crippen LogP contribution in [0.1, 0.15) is 5.82 Å². The normalized spacial score (nSPS) is 12.4. The summed E-state index contributed by atoms with van der Waals surface area (Å²) in [4.78, 5) is 4.82. The van der Waals surface area contributed by atoms with E-state index in [1.165, 1.54) is 31.3 Å². The molecule has 246 valence electrons. The number of rotatable bonds is 6. The molecule has 0 saturated heterocycles. The lowest BCUT2D eigenvalue weighted by Crippen LogP contribution is -2.45. The van der Waals surface area contributed by atoms with Crippen molar-refractivity contribution in [3.63, 3.8) is 0 Å². The molecule has 8 heteroatoms. The second kappa shape index (κ2) is 12.7. The van der Waals surface area contributed by atoms with E-state index < -0.39 is 10.3 Å². The summed E-state index contributed by atoms with van der Waals surface area (Å²) < 4.78 is 4.47. The predicted molar refractivity (Wildman–Crippen MR) is 238 cm³/mol. The molecule has 0 atom stereocenters. The van der Waals surface area contributed by atoms with Gasteiger partial charge in [-0.15, -0.1) is 16.4 Å². The molecule has 0 bridgehead atoms. The Morgan fingerprint density at radius 2 is 1.02 bits per heavy atom. The quantitative estimate of drug-likeness (QED) is 0.124. The third kappa shape index (κ3) is 5.41. The molecule has 0 unspecified atom stereocenters. The fraction of sp³-hybridized carbons (Fsp3) is 0.0426. The largest absolute Gasteiger partial charge is 0.297 e. The number of para-hydroxylation sites is 2. The Hall–Kier alpha value is -5.71. The van der Waals surface area contributed by atoms with Crippen molar-refractivity contribution in [1.82, 2.24) is 9.55 Å². The highest BCUT2D eigenvalue weighted by Gasteiger charge is 2.36. The van der Waals surface area contributed by atoms with Gasteiger partial charge in [0.2, 0.25) is 0 Å². The van der Waals surface area contributed by atoms with Gasteiger partial charge in [0, 0.05) is 25.9 Å². The van der Waals surface area contributed by atoms with Crippen LogP contribution in [0.2, 0.25) is 5.11 Å². The highest BCUT2D eigenvalue weighted by Crippen LogP contribution is 2.47. The molecule has 0 aliphatic heterocycles. The molecule has 8 aromatic carbocycles. The summed E-state index contributed by atoms with van der Waals surface area (Å²) in [7, 11) is 31.8. The molecule has 2 heterocycles. The average Bonchev–Trinajstić information content (AvgIpc) is 3.79. The lowest BCUT2D eigenvalue weighted by molar-refractivity contribution is 0.757. The van der Waals surface area contributed by atoms with Gasteiger partial charge >= 0.3 is 0 Å². The Labute approximate surface area is 330 Å². The number of hydrogen-bond acceptors (Lipinski definition) is 2. The molecule has 10 radical (unpaired) electrons. The van der Waals surface area contributed by atoms with Crippen LogP contribution in [-0.4, -0.2) is 48.8 Å². The van der Waals surface area contributed by atoms with Crippen LogP contribution < -0.4 is 0 Å². The first-order chi connectivity index (χ1) is 26.7.